The van der Waals surface area contributed by atoms with Gasteiger partial charge in [-0.1, -0.05) is 19.1 Å². The van der Waals surface area contributed by atoms with E-state index in [0.717, 1.165) is 18.6 Å². The Morgan fingerprint density at radius 1 is 1.29 bits per heavy atom. The van der Waals surface area contributed by atoms with Gasteiger partial charge in [0.25, 0.3) is 0 Å². The van der Waals surface area contributed by atoms with E-state index in [1.807, 2.05) is 6.92 Å². The molecule has 0 N–H and O–H groups in total. The number of benzene rings is 1. The van der Waals surface area contributed by atoms with Gasteiger partial charge < -0.3 is 4.74 Å². The molecule has 2 atom stereocenters. The minimum absolute atomic E-state index is 0.101. The highest BCUT2D eigenvalue weighted by Crippen LogP contribution is 2.51. The molecule has 1 aliphatic carbocycles. The van der Waals surface area contributed by atoms with Crippen LogP contribution in [0.1, 0.15) is 44.2 Å². The number of aryl methyl sites for hydroxylation is 1. The first-order valence-corrected chi connectivity index (χ1v) is 6.26. The van der Waals surface area contributed by atoms with Crippen LogP contribution in [0.4, 0.5) is 0 Å². The number of carbonyl (C=O) groups is 1. The topological polar surface area (TPSA) is 26.3 Å². The summed E-state index contributed by atoms with van der Waals surface area (Å²) < 4.78 is 6.00. The molecule has 0 unspecified atom stereocenters. The second-order valence-electron chi connectivity index (χ2n) is 5.99. The zero-order valence-electron chi connectivity index (χ0n) is 10.7. The Morgan fingerprint density at radius 3 is 2.82 bits per heavy atom. The molecule has 0 aromatic heterocycles. The second kappa shape index (κ2) is 3.12. The van der Waals surface area contributed by atoms with Gasteiger partial charge in [0.15, 0.2) is 11.4 Å². The number of rotatable bonds is 0. The number of fused-ring (bicyclic) bond motifs is 4. The monoisotopic (exact) mass is 230 g/mol. The van der Waals surface area contributed by atoms with Crippen LogP contribution in [0.5, 0.6) is 5.75 Å². The van der Waals surface area contributed by atoms with Gasteiger partial charge >= 0.3 is 0 Å². The standard InChI is InChI=1S/C15H18O2/c1-10-4-5-11-12(8-10)17-15(3)9-14(11,2)7-6-13(15)16/h4-5,8H,6-7,9H2,1-3H3/t14-,15-/m0/s1. The average molecular weight is 230 g/mol. The van der Waals surface area contributed by atoms with Gasteiger partial charge in [0.2, 0.25) is 0 Å². The lowest BCUT2D eigenvalue weighted by atomic mass is 9.63. The number of Topliss-reactive ketones (excluding diaryl/α,β-unsaturated/α-hetero) is 1. The summed E-state index contributed by atoms with van der Waals surface area (Å²) in [5.41, 5.74) is 1.95. The highest BCUT2D eigenvalue weighted by atomic mass is 16.5. The van der Waals surface area contributed by atoms with Gasteiger partial charge in [0.1, 0.15) is 5.75 Å². The van der Waals surface area contributed by atoms with Crippen LogP contribution >= 0.6 is 0 Å². The summed E-state index contributed by atoms with van der Waals surface area (Å²) >= 11 is 0. The summed E-state index contributed by atoms with van der Waals surface area (Å²) in [5, 5.41) is 0. The number of ether oxygens (including phenoxy) is 1. The molecule has 1 fully saturated rings. The van der Waals surface area contributed by atoms with Gasteiger partial charge in [-0.05, 0) is 31.9 Å². The van der Waals surface area contributed by atoms with Crippen molar-refractivity contribution in [2.45, 2.75) is 51.0 Å². The fraction of sp³-hybridized carbons (Fsp3) is 0.533. The van der Waals surface area contributed by atoms with Crippen LogP contribution in [0.15, 0.2) is 18.2 Å². The van der Waals surface area contributed by atoms with Gasteiger partial charge in [-0.15, -0.1) is 0 Å². The van der Waals surface area contributed by atoms with Crippen molar-refractivity contribution < 1.29 is 9.53 Å². The third-order valence-electron chi connectivity index (χ3n) is 4.34. The molecule has 2 heteroatoms. The van der Waals surface area contributed by atoms with E-state index in [0.29, 0.717) is 6.42 Å². The van der Waals surface area contributed by atoms with E-state index in [1.165, 1.54) is 11.1 Å². The van der Waals surface area contributed by atoms with Gasteiger partial charge in [-0.25, -0.2) is 0 Å². The highest BCUT2D eigenvalue weighted by Gasteiger charge is 2.51. The molecule has 0 spiro atoms. The Hall–Kier alpha value is -1.31. The smallest absolute Gasteiger partial charge is 0.176 e. The largest absolute Gasteiger partial charge is 0.479 e. The Balaban J connectivity index is 2.19. The maximum Gasteiger partial charge on any atom is 0.176 e. The first-order valence-electron chi connectivity index (χ1n) is 6.26. The third-order valence-corrected chi connectivity index (χ3v) is 4.34. The normalized spacial score (nSPS) is 35.1. The van der Waals surface area contributed by atoms with Crippen LogP contribution in [0.3, 0.4) is 0 Å². The molecule has 1 aromatic rings. The summed E-state index contributed by atoms with van der Waals surface area (Å²) in [6.45, 7) is 6.26. The Labute approximate surface area is 102 Å². The molecule has 90 valence electrons. The number of hydrogen-bond donors (Lipinski definition) is 0. The van der Waals surface area contributed by atoms with Crippen LogP contribution in [0.25, 0.3) is 0 Å². The molecular weight excluding hydrogens is 212 g/mol. The van der Waals surface area contributed by atoms with E-state index >= 15 is 0 Å². The van der Waals surface area contributed by atoms with Gasteiger partial charge in [0.05, 0.1) is 0 Å². The Kier molecular flexibility index (Phi) is 1.99. The van der Waals surface area contributed by atoms with Crippen LogP contribution in [0, 0.1) is 6.92 Å². The predicted octanol–water partition coefficient (Wildman–Crippen LogP) is 3.16. The molecular formula is C15H18O2. The minimum Gasteiger partial charge on any atom is -0.479 e. The van der Waals surface area contributed by atoms with Crippen molar-refractivity contribution in [2.24, 2.45) is 0 Å². The molecule has 1 aliphatic heterocycles. The molecule has 2 bridgehead atoms. The summed E-state index contributed by atoms with van der Waals surface area (Å²) in [4.78, 5) is 12.0. The van der Waals surface area contributed by atoms with Crippen LogP contribution in [-0.4, -0.2) is 11.4 Å². The van der Waals surface area contributed by atoms with Crippen molar-refractivity contribution >= 4 is 5.78 Å². The van der Waals surface area contributed by atoms with E-state index in [-0.39, 0.29) is 11.2 Å². The maximum absolute atomic E-state index is 12.0. The lowest BCUT2D eigenvalue weighted by Gasteiger charge is -2.48. The SMILES string of the molecule is Cc1ccc2c(c1)O[C@@]1(C)C[C@]2(C)CCC1=O. The summed E-state index contributed by atoms with van der Waals surface area (Å²) in [6, 6.07) is 6.36. The third kappa shape index (κ3) is 1.43. The van der Waals surface area contributed by atoms with Crippen molar-refractivity contribution in [1.82, 2.24) is 0 Å². The first-order chi connectivity index (χ1) is 7.93. The van der Waals surface area contributed by atoms with E-state index < -0.39 is 5.60 Å². The maximum atomic E-state index is 12.0. The van der Waals surface area contributed by atoms with E-state index in [9.17, 15) is 4.79 Å². The molecule has 0 radical (unpaired) electrons. The van der Waals surface area contributed by atoms with Crippen LogP contribution < -0.4 is 4.74 Å². The molecule has 1 saturated carbocycles. The van der Waals surface area contributed by atoms with Gasteiger partial charge in [-0.2, -0.15) is 0 Å². The van der Waals surface area contributed by atoms with Crippen LogP contribution in [-0.2, 0) is 10.2 Å². The molecule has 1 aromatic carbocycles. The molecule has 2 aliphatic rings. The van der Waals surface area contributed by atoms with E-state index in [1.54, 1.807) is 0 Å². The zero-order valence-corrected chi connectivity index (χ0v) is 10.7. The van der Waals surface area contributed by atoms with Crippen molar-refractivity contribution in [1.29, 1.82) is 0 Å². The average Bonchev–Trinajstić information content (AvgIpc) is 2.23. The lowest BCUT2D eigenvalue weighted by molar-refractivity contribution is -0.141. The summed E-state index contributed by atoms with van der Waals surface area (Å²) in [5.74, 6) is 1.16. The molecule has 3 rings (SSSR count). The predicted molar refractivity (Wildman–Crippen MR) is 66.4 cm³/mol. The van der Waals surface area contributed by atoms with Gasteiger partial charge in [0, 0.05) is 23.8 Å². The number of ketones is 1. The number of carbonyl (C=O) groups excluding carboxylic acids is 1. The summed E-state index contributed by atoms with van der Waals surface area (Å²) in [7, 11) is 0. The lowest BCUT2D eigenvalue weighted by Crippen LogP contribution is -2.54. The molecule has 0 amide bonds. The van der Waals surface area contributed by atoms with Gasteiger partial charge in [-0.3, -0.25) is 4.79 Å². The molecule has 1 heterocycles. The fourth-order valence-electron chi connectivity index (χ4n) is 3.36. The first kappa shape index (κ1) is 10.8. The molecule has 0 saturated heterocycles. The van der Waals surface area contributed by atoms with E-state index in [2.05, 4.69) is 32.0 Å². The molecule has 2 nitrogen and oxygen atoms in total. The molecule has 17 heavy (non-hydrogen) atoms. The second-order valence-corrected chi connectivity index (χ2v) is 5.99. The highest BCUT2D eigenvalue weighted by molar-refractivity contribution is 5.89. The van der Waals surface area contributed by atoms with Crippen molar-refractivity contribution in [3.05, 3.63) is 29.3 Å². The van der Waals surface area contributed by atoms with Crippen LogP contribution in [0.2, 0.25) is 0 Å². The number of hydrogen-bond acceptors (Lipinski definition) is 2. The fourth-order valence-corrected chi connectivity index (χ4v) is 3.36. The van der Waals surface area contributed by atoms with Crippen molar-refractivity contribution in [2.75, 3.05) is 0 Å². The summed E-state index contributed by atoms with van der Waals surface area (Å²) in [6.07, 6.45) is 2.40. The van der Waals surface area contributed by atoms with Crippen molar-refractivity contribution in [3.8, 4) is 5.75 Å². The quantitative estimate of drug-likeness (QED) is 0.684. The minimum atomic E-state index is -0.603. The Bertz CT molecular complexity index is 506. The Morgan fingerprint density at radius 2 is 2.06 bits per heavy atom. The zero-order chi connectivity index (χ0) is 12.3. The van der Waals surface area contributed by atoms with E-state index in [4.69, 9.17) is 4.74 Å². The van der Waals surface area contributed by atoms with Crippen molar-refractivity contribution in [3.63, 3.8) is 0 Å².